The number of benzene rings is 2. The molecule has 1 heterocycles. The van der Waals surface area contributed by atoms with Crippen molar-refractivity contribution in [2.45, 2.75) is 79.6 Å². The maximum absolute atomic E-state index is 2.64. The SMILES string of the molecule is C[C](C)=[Zr+2]([C]1=C(c2ccsc2)C=CC1C)[c]1cc(C(C)(C)C)cc2c1Cc1ccc(C(C)(C)C)cc1-2.[Cl-].[Cl-]. The molecular formula is C34H40Cl2SZr. The Hall–Kier alpha value is -1.05. The summed E-state index contributed by atoms with van der Waals surface area (Å²) in [6.45, 7) is 21.4. The Bertz CT molecular complexity index is 1440. The molecule has 3 aromatic rings. The summed E-state index contributed by atoms with van der Waals surface area (Å²) < 4.78 is 5.15. The molecule has 0 saturated carbocycles. The standard InChI is InChI=1S/C21H25.C10H9S.C3H6.2ClH.Zr/c1-20(2,3)16-9-7-14-11-15-8-10-17(21(4,5)6)13-19(15)18(14)12-16;1-8-2-3-9(6-8)10-4-5-11-7-10;1-3-2;;;/h7,9-10,12-13H,11H2,1-6H3;2-5,7-8H,1H3;1-2H3;2*1H;/q;;;;;+2/p-2. The minimum atomic E-state index is -2.34. The van der Waals surface area contributed by atoms with Crippen LogP contribution in [0.5, 0.6) is 0 Å². The van der Waals surface area contributed by atoms with Crippen molar-refractivity contribution in [3.63, 3.8) is 0 Å². The van der Waals surface area contributed by atoms with Crippen LogP contribution in [0.1, 0.15) is 90.1 Å². The van der Waals surface area contributed by atoms with Crippen LogP contribution < -0.4 is 28.1 Å². The summed E-state index contributed by atoms with van der Waals surface area (Å²) in [4.78, 5) is 0. The number of hydrogen-bond donors (Lipinski definition) is 0. The van der Waals surface area contributed by atoms with Crippen molar-refractivity contribution in [3.05, 3.63) is 90.4 Å². The van der Waals surface area contributed by atoms with Crippen molar-refractivity contribution in [2.75, 3.05) is 0 Å². The second-order valence-corrected chi connectivity index (χ2v) is 20.7. The summed E-state index contributed by atoms with van der Waals surface area (Å²) in [7, 11) is 0. The van der Waals surface area contributed by atoms with Gasteiger partial charge >= 0.3 is 232 Å². The molecule has 2 aromatic carbocycles. The van der Waals surface area contributed by atoms with Crippen molar-refractivity contribution in [1.29, 1.82) is 0 Å². The van der Waals surface area contributed by atoms with Crippen molar-refractivity contribution < 1.29 is 46.1 Å². The largest absolute Gasteiger partial charge is 1.00 e. The van der Waals surface area contributed by atoms with Gasteiger partial charge in [-0.15, -0.1) is 0 Å². The van der Waals surface area contributed by atoms with Gasteiger partial charge in [0, 0.05) is 0 Å². The molecule has 2 aliphatic carbocycles. The van der Waals surface area contributed by atoms with Gasteiger partial charge in [0.05, 0.1) is 0 Å². The molecule has 0 N–H and O–H groups in total. The predicted octanol–water partition coefficient (Wildman–Crippen LogP) is 3.00. The summed E-state index contributed by atoms with van der Waals surface area (Å²) in [5.74, 6) is 0.523. The van der Waals surface area contributed by atoms with E-state index in [2.05, 4.69) is 122 Å². The van der Waals surface area contributed by atoms with Crippen LogP contribution in [-0.4, -0.2) is 3.21 Å². The van der Waals surface area contributed by atoms with E-state index in [-0.39, 0.29) is 35.6 Å². The average molecular weight is 643 g/mol. The zero-order valence-electron chi connectivity index (χ0n) is 24.2. The molecule has 0 radical (unpaired) electrons. The molecular weight excluding hydrogens is 603 g/mol. The third kappa shape index (κ3) is 5.72. The Balaban J connectivity index is 0.00000200. The van der Waals surface area contributed by atoms with E-state index in [1.165, 1.54) is 39.0 Å². The van der Waals surface area contributed by atoms with Crippen LogP contribution in [0.3, 0.4) is 0 Å². The second-order valence-electron chi connectivity index (χ2n) is 13.0. The Labute approximate surface area is 254 Å². The van der Waals surface area contributed by atoms with Crippen LogP contribution in [-0.2, 0) is 38.5 Å². The van der Waals surface area contributed by atoms with Crippen LogP contribution in [0.4, 0.5) is 0 Å². The van der Waals surface area contributed by atoms with Crippen LogP contribution >= 0.6 is 11.3 Å². The van der Waals surface area contributed by atoms with Gasteiger partial charge in [-0.05, 0) is 0 Å². The molecule has 0 spiro atoms. The maximum atomic E-state index is 2.64. The van der Waals surface area contributed by atoms with Gasteiger partial charge < -0.3 is 24.8 Å². The summed E-state index contributed by atoms with van der Waals surface area (Å²) in [5.41, 5.74) is 12.2. The van der Waals surface area contributed by atoms with Gasteiger partial charge in [-0.2, -0.15) is 0 Å². The predicted molar refractivity (Wildman–Crippen MR) is 158 cm³/mol. The fourth-order valence-corrected chi connectivity index (χ4v) is 14.4. The molecule has 5 rings (SSSR count). The van der Waals surface area contributed by atoms with Crippen molar-refractivity contribution in [3.8, 4) is 11.1 Å². The fourth-order valence-electron chi connectivity index (χ4n) is 5.78. The van der Waals surface area contributed by atoms with E-state index in [0.29, 0.717) is 5.92 Å². The molecule has 4 heteroatoms. The maximum Gasteiger partial charge on any atom is -1.00 e. The first-order valence-corrected chi connectivity index (χ1v) is 17.9. The summed E-state index contributed by atoms with van der Waals surface area (Å²) >= 11 is -0.530. The van der Waals surface area contributed by atoms with E-state index < -0.39 is 21.3 Å². The van der Waals surface area contributed by atoms with Gasteiger partial charge in [-0.1, -0.05) is 0 Å². The Morgan fingerprint density at radius 1 is 0.868 bits per heavy atom. The van der Waals surface area contributed by atoms with Gasteiger partial charge in [-0.25, -0.2) is 0 Å². The van der Waals surface area contributed by atoms with Crippen LogP contribution in [0.25, 0.3) is 16.7 Å². The van der Waals surface area contributed by atoms with Crippen molar-refractivity contribution in [2.24, 2.45) is 5.92 Å². The average Bonchev–Trinajstić information content (AvgIpc) is 3.51. The molecule has 1 unspecified atom stereocenters. The van der Waals surface area contributed by atoms with Crippen molar-refractivity contribution in [1.82, 2.24) is 0 Å². The van der Waals surface area contributed by atoms with E-state index in [9.17, 15) is 0 Å². The Kier molecular flexibility index (Phi) is 9.48. The van der Waals surface area contributed by atoms with E-state index in [1.54, 1.807) is 15.3 Å². The Morgan fingerprint density at radius 2 is 1.53 bits per heavy atom. The van der Waals surface area contributed by atoms with Gasteiger partial charge in [0.25, 0.3) is 0 Å². The normalized spacial score (nSPS) is 15.8. The first kappa shape index (κ1) is 31.5. The molecule has 1 aromatic heterocycles. The zero-order valence-corrected chi connectivity index (χ0v) is 29.0. The first-order valence-electron chi connectivity index (χ1n) is 13.3. The van der Waals surface area contributed by atoms with E-state index in [1.807, 2.05) is 11.3 Å². The molecule has 38 heavy (non-hydrogen) atoms. The van der Waals surface area contributed by atoms with Gasteiger partial charge in [0.15, 0.2) is 0 Å². The minimum absolute atomic E-state index is 0. The number of halogens is 2. The first-order chi connectivity index (χ1) is 16.9. The molecule has 0 amide bonds. The van der Waals surface area contributed by atoms with Crippen LogP contribution in [0, 0.1) is 5.92 Å². The molecule has 1 atom stereocenters. The van der Waals surface area contributed by atoms with Gasteiger partial charge in [0.2, 0.25) is 0 Å². The van der Waals surface area contributed by atoms with Crippen LogP contribution in [0.15, 0.2) is 62.6 Å². The number of fused-ring (bicyclic) bond motifs is 3. The quantitative estimate of drug-likeness (QED) is 0.323. The van der Waals surface area contributed by atoms with Crippen molar-refractivity contribution >= 4 is 23.4 Å². The molecule has 2 aliphatic rings. The topological polar surface area (TPSA) is 0 Å². The zero-order chi connectivity index (χ0) is 26.0. The van der Waals surface area contributed by atoms with E-state index in [4.69, 9.17) is 0 Å². The number of rotatable bonds is 3. The molecule has 0 saturated heterocycles. The van der Waals surface area contributed by atoms with E-state index in [0.717, 1.165) is 6.42 Å². The monoisotopic (exact) mass is 640 g/mol. The molecule has 200 valence electrons. The minimum Gasteiger partial charge on any atom is -1.00 e. The third-order valence-corrected chi connectivity index (χ3v) is 16.6. The number of hydrogen-bond acceptors (Lipinski definition) is 1. The number of thiophene rings is 1. The summed E-state index contributed by atoms with van der Waals surface area (Å²) in [6, 6.07) is 14.8. The fraction of sp³-hybridized carbons (Fsp3) is 0.382. The molecule has 0 bridgehead atoms. The summed E-state index contributed by atoms with van der Waals surface area (Å²) in [6.07, 6.45) is 5.95. The molecule has 0 aliphatic heterocycles. The smallest absolute Gasteiger partial charge is 1.00 e. The Morgan fingerprint density at radius 3 is 2.11 bits per heavy atom. The van der Waals surface area contributed by atoms with Gasteiger partial charge in [-0.3, -0.25) is 0 Å². The summed E-state index contributed by atoms with van der Waals surface area (Å²) in [5, 5.41) is 4.56. The molecule has 0 fully saturated rings. The van der Waals surface area contributed by atoms with E-state index >= 15 is 0 Å². The second kappa shape index (κ2) is 11.4. The third-order valence-electron chi connectivity index (χ3n) is 7.92. The van der Waals surface area contributed by atoms with Crippen LogP contribution in [0.2, 0.25) is 0 Å². The van der Waals surface area contributed by atoms with Gasteiger partial charge in [0.1, 0.15) is 0 Å². The molecule has 0 nitrogen and oxygen atoms in total. The number of allylic oxidation sites excluding steroid dienone is 4.